The van der Waals surface area contributed by atoms with E-state index >= 15 is 0 Å². The summed E-state index contributed by atoms with van der Waals surface area (Å²) in [5.41, 5.74) is 3.33. The van der Waals surface area contributed by atoms with E-state index < -0.39 is 11.3 Å². The number of hydrogen-bond donors (Lipinski definition) is 2. The van der Waals surface area contributed by atoms with Crippen LogP contribution in [0.15, 0.2) is 41.0 Å². The standard InChI is InChI=1S/C18H18N4O2S2/c1-10-4-6-12(7-5-10)13-8-25-16-14(13)17(21-9-20-16)26-11(2)15(23)22-18(24)19-3/h4-9,11H,1-3H3,(H2,19,22,23,24)/t11-/m1/s1. The molecule has 0 aliphatic rings. The first-order valence-corrected chi connectivity index (χ1v) is 9.74. The van der Waals surface area contributed by atoms with Gasteiger partial charge in [-0.15, -0.1) is 11.3 Å². The molecule has 3 aromatic rings. The van der Waals surface area contributed by atoms with Gasteiger partial charge in [0, 0.05) is 18.0 Å². The summed E-state index contributed by atoms with van der Waals surface area (Å²) in [5.74, 6) is -0.367. The summed E-state index contributed by atoms with van der Waals surface area (Å²) >= 11 is 2.86. The number of nitrogens with zero attached hydrogens (tertiary/aromatic N) is 2. The van der Waals surface area contributed by atoms with Gasteiger partial charge in [0.05, 0.1) is 10.6 Å². The number of thiophene rings is 1. The predicted molar refractivity (Wildman–Crippen MR) is 106 cm³/mol. The summed E-state index contributed by atoms with van der Waals surface area (Å²) in [6, 6.07) is 7.75. The minimum atomic E-state index is -0.522. The molecule has 0 fully saturated rings. The van der Waals surface area contributed by atoms with Gasteiger partial charge in [0.15, 0.2) is 0 Å². The summed E-state index contributed by atoms with van der Waals surface area (Å²) in [7, 11) is 1.47. The first-order valence-electron chi connectivity index (χ1n) is 7.98. The van der Waals surface area contributed by atoms with Crippen LogP contribution >= 0.6 is 23.1 Å². The zero-order chi connectivity index (χ0) is 18.7. The van der Waals surface area contributed by atoms with Crippen molar-refractivity contribution in [2.45, 2.75) is 24.1 Å². The number of aromatic nitrogens is 2. The lowest BCUT2D eigenvalue weighted by molar-refractivity contribution is -0.119. The fraction of sp³-hybridized carbons (Fsp3) is 0.222. The highest BCUT2D eigenvalue weighted by Gasteiger charge is 2.20. The van der Waals surface area contributed by atoms with Crippen molar-refractivity contribution in [1.82, 2.24) is 20.6 Å². The van der Waals surface area contributed by atoms with Gasteiger partial charge in [0.1, 0.15) is 16.2 Å². The van der Waals surface area contributed by atoms with E-state index in [-0.39, 0.29) is 5.91 Å². The van der Waals surface area contributed by atoms with Gasteiger partial charge in [-0.2, -0.15) is 0 Å². The Morgan fingerprint density at radius 2 is 1.92 bits per heavy atom. The third-order valence-electron chi connectivity index (χ3n) is 3.82. The Morgan fingerprint density at radius 1 is 1.19 bits per heavy atom. The summed E-state index contributed by atoms with van der Waals surface area (Å²) in [6.45, 7) is 3.79. The Labute approximate surface area is 159 Å². The van der Waals surface area contributed by atoms with Crippen molar-refractivity contribution in [3.05, 3.63) is 41.5 Å². The molecule has 2 heterocycles. The van der Waals surface area contributed by atoms with Gasteiger partial charge >= 0.3 is 6.03 Å². The molecule has 1 aromatic carbocycles. The molecule has 0 aliphatic carbocycles. The van der Waals surface area contributed by atoms with Crippen molar-refractivity contribution >= 4 is 45.3 Å². The molecule has 0 unspecified atom stereocenters. The Morgan fingerprint density at radius 3 is 2.62 bits per heavy atom. The van der Waals surface area contributed by atoms with Crippen LogP contribution in [0.1, 0.15) is 12.5 Å². The van der Waals surface area contributed by atoms with Gasteiger partial charge in [0.25, 0.3) is 0 Å². The van der Waals surface area contributed by atoms with Crippen molar-refractivity contribution < 1.29 is 9.59 Å². The first kappa shape index (κ1) is 18.3. The number of urea groups is 1. The molecule has 0 saturated heterocycles. The van der Waals surface area contributed by atoms with Crippen LogP contribution in [-0.2, 0) is 4.79 Å². The summed E-state index contributed by atoms with van der Waals surface area (Å²) in [6.07, 6.45) is 1.50. The third kappa shape index (κ3) is 3.86. The van der Waals surface area contributed by atoms with Crippen molar-refractivity contribution in [1.29, 1.82) is 0 Å². The van der Waals surface area contributed by atoms with Crippen LogP contribution in [0.5, 0.6) is 0 Å². The van der Waals surface area contributed by atoms with Crippen LogP contribution in [0.4, 0.5) is 4.79 Å². The number of rotatable bonds is 4. The van der Waals surface area contributed by atoms with Gasteiger partial charge in [-0.3, -0.25) is 10.1 Å². The number of imide groups is 1. The zero-order valence-electron chi connectivity index (χ0n) is 14.6. The van der Waals surface area contributed by atoms with E-state index in [1.165, 1.54) is 30.7 Å². The maximum absolute atomic E-state index is 12.1. The zero-order valence-corrected chi connectivity index (χ0v) is 16.2. The molecule has 0 bridgehead atoms. The smallest absolute Gasteiger partial charge is 0.321 e. The Kier molecular flexibility index (Phi) is 5.53. The fourth-order valence-corrected chi connectivity index (χ4v) is 4.29. The number of carbonyl (C=O) groups excluding carboxylic acids is 2. The van der Waals surface area contributed by atoms with E-state index in [1.807, 2.05) is 6.92 Å². The molecule has 0 radical (unpaired) electrons. The average Bonchev–Trinajstić information content (AvgIpc) is 3.07. The molecule has 6 nitrogen and oxygen atoms in total. The molecule has 8 heteroatoms. The lowest BCUT2D eigenvalue weighted by Gasteiger charge is -2.11. The molecule has 26 heavy (non-hydrogen) atoms. The van der Waals surface area contributed by atoms with Crippen LogP contribution in [0.2, 0.25) is 0 Å². The molecule has 0 saturated carbocycles. The number of benzene rings is 1. The normalized spacial score (nSPS) is 12.0. The number of amides is 3. The lowest BCUT2D eigenvalue weighted by Crippen LogP contribution is -2.41. The van der Waals surface area contributed by atoms with E-state index in [9.17, 15) is 9.59 Å². The van der Waals surface area contributed by atoms with Gasteiger partial charge in [0.2, 0.25) is 5.91 Å². The van der Waals surface area contributed by atoms with Crippen molar-refractivity contribution in [2.24, 2.45) is 0 Å². The second-order valence-corrected chi connectivity index (χ2v) is 7.89. The summed E-state index contributed by atoms with van der Waals surface area (Å²) in [4.78, 5) is 33.1. The number of nitrogens with one attached hydrogen (secondary N) is 2. The van der Waals surface area contributed by atoms with Crippen LogP contribution in [-0.4, -0.2) is 34.2 Å². The number of fused-ring (bicyclic) bond motifs is 1. The van der Waals surface area contributed by atoms with E-state index in [0.717, 1.165) is 26.4 Å². The first-order chi connectivity index (χ1) is 12.5. The van der Waals surface area contributed by atoms with Crippen LogP contribution in [0, 0.1) is 6.92 Å². The van der Waals surface area contributed by atoms with Crippen LogP contribution in [0.25, 0.3) is 21.3 Å². The summed E-state index contributed by atoms with van der Waals surface area (Å²) in [5, 5.41) is 7.91. The predicted octanol–water partition coefficient (Wildman–Crippen LogP) is 3.60. The van der Waals surface area contributed by atoms with E-state index in [2.05, 4.69) is 50.2 Å². The number of aryl methyl sites for hydroxylation is 1. The Bertz CT molecular complexity index is 953. The maximum atomic E-state index is 12.1. The average molecular weight is 387 g/mol. The maximum Gasteiger partial charge on any atom is 0.321 e. The Balaban J connectivity index is 1.94. The Hall–Kier alpha value is -2.45. The largest absolute Gasteiger partial charge is 0.341 e. The van der Waals surface area contributed by atoms with Crippen molar-refractivity contribution in [3.63, 3.8) is 0 Å². The number of carbonyl (C=O) groups is 2. The quantitative estimate of drug-likeness (QED) is 0.529. The third-order valence-corrected chi connectivity index (χ3v) is 5.81. The molecular formula is C18H18N4O2S2. The topological polar surface area (TPSA) is 84.0 Å². The molecule has 1 atom stereocenters. The minimum absolute atomic E-state index is 0.367. The fourth-order valence-electron chi connectivity index (χ4n) is 2.38. The van der Waals surface area contributed by atoms with Crippen LogP contribution < -0.4 is 10.6 Å². The molecule has 0 spiro atoms. The van der Waals surface area contributed by atoms with Crippen LogP contribution in [0.3, 0.4) is 0 Å². The summed E-state index contributed by atoms with van der Waals surface area (Å²) < 4.78 is 0. The molecule has 2 N–H and O–H groups in total. The van der Waals surface area contributed by atoms with Gasteiger partial charge in [-0.25, -0.2) is 14.8 Å². The molecule has 3 rings (SSSR count). The SMILES string of the molecule is CNC(=O)NC(=O)[C@@H](C)Sc1ncnc2scc(-c3ccc(C)cc3)c12. The molecule has 2 aromatic heterocycles. The van der Waals surface area contributed by atoms with Gasteiger partial charge in [-0.05, 0) is 19.4 Å². The highest BCUT2D eigenvalue weighted by molar-refractivity contribution is 8.00. The highest BCUT2D eigenvalue weighted by atomic mass is 32.2. The lowest BCUT2D eigenvalue weighted by atomic mass is 10.1. The number of hydrogen-bond acceptors (Lipinski definition) is 6. The molecule has 3 amide bonds. The molecule has 134 valence electrons. The van der Waals surface area contributed by atoms with E-state index in [4.69, 9.17) is 0 Å². The van der Waals surface area contributed by atoms with E-state index in [0.29, 0.717) is 0 Å². The second kappa shape index (κ2) is 7.84. The second-order valence-electron chi connectivity index (χ2n) is 5.70. The van der Waals surface area contributed by atoms with Crippen molar-refractivity contribution in [2.75, 3.05) is 7.05 Å². The van der Waals surface area contributed by atoms with Crippen molar-refractivity contribution in [3.8, 4) is 11.1 Å². The van der Waals surface area contributed by atoms with Gasteiger partial charge in [-0.1, -0.05) is 41.6 Å². The van der Waals surface area contributed by atoms with Gasteiger partial charge < -0.3 is 5.32 Å². The minimum Gasteiger partial charge on any atom is -0.341 e. The molecular weight excluding hydrogens is 368 g/mol. The number of thioether (sulfide) groups is 1. The highest BCUT2D eigenvalue weighted by Crippen LogP contribution is 2.38. The van der Waals surface area contributed by atoms with E-state index in [1.54, 1.807) is 18.3 Å². The monoisotopic (exact) mass is 386 g/mol. The molecule has 0 aliphatic heterocycles.